The molecule has 1 amide bonds. The van der Waals surface area contributed by atoms with Crippen molar-refractivity contribution >= 4 is 15.7 Å². The lowest BCUT2D eigenvalue weighted by molar-refractivity contribution is -0.133. The summed E-state index contributed by atoms with van der Waals surface area (Å²) < 4.78 is 24.7. The van der Waals surface area contributed by atoms with Gasteiger partial charge in [-0.1, -0.05) is 30.3 Å². The van der Waals surface area contributed by atoms with Crippen molar-refractivity contribution in [1.29, 1.82) is 5.26 Å². The summed E-state index contributed by atoms with van der Waals surface area (Å²) in [4.78, 5) is 27.0. The minimum atomic E-state index is -3.37. The quantitative estimate of drug-likeness (QED) is 0.726. The average Bonchev–Trinajstić information content (AvgIpc) is 3.05. The van der Waals surface area contributed by atoms with Crippen LogP contribution < -0.4 is 5.56 Å². The topological polar surface area (TPSA) is 113 Å². The molecule has 0 fully saturated rings. The Balaban J connectivity index is 1.94. The first-order valence-electron chi connectivity index (χ1n) is 8.94. The highest BCUT2D eigenvalue weighted by Crippen LogP contribution is 2.18. The summed E-state index contributed by atoms with van der Waals surface area (Å²) in [7, 11) is -3.37. The number of nitrogens with zero attached hydrogens (tertiary/aromatic N) is 4. The van der Waals surface area contributed by atoms with Crippen LogP contribution in [-0.2, 0) is 27.7 Å². The van der Waals surface area contributed by atoms with Crippen LogP contribution in [0.25, 0.3) is 0 Å². The van der Waals surface area contributed by atoms with Crippen molar-refractivity contribution in [2.75, 3.05) is 5.75 Å². The second-order valence-corrected chi connectivity index (χ2v) is 8.82. The first-order valence-corrected chi connectivity index (χ1v) is 10.7. The van der Waals surface area contributed by atoms with E-state index in [1.807, 2.05) is 36.4 Å². The number of aryl methyl sites for hydroxylation is 1. The molecule has 0 saturated carbocycles. The van der Waals surface area contributed by atoms with Crippen LogP contribution in [0.15, 0.2) is 46.6 Å². The van der Waals surface area contributed by atoms with Gasteiger partial charge in [0.2, 0.25) is 5.91 Å². The number of hydrogen-bond donors (Lipinski definition) is 0. The predicted molar refractivity (Wildman–Crippen MR) is 106 cm³/mol. The number of aromatic nitrogens is 2. The van der Waals surface area contributed by atoms with Crippen LogP contribution in [0.3, 0.4) is 0 Å². The van der Waals surface area contributed by atoms with E-state index in [1.54, 1.807) is 13.8 Å². The molecule has 150 valence electrons. The van der Waals surface area contributed by atoms with Gasteiger partial charge in [-0.05, 0) is 31.1 Å². The molecule has 0 bridgehead atoms. The number of carbonyl (C=O) groups excluding carboxylic acids is 1. The molecule has 0 unspecified atom stereocenters. The standard InChI is InChI=1S/C20H20N4O4S/c1-14-15(2)22-24(20(26)18(14)10-21)12-19(25)23(11-16-6-4-3-5-7-16)17-8-9-29(27,28)13-17/h3-9,17H,11-13H2,1-2H3/t17-/m0/s1. The highest BCUT2D eigenvalue weighted by atomic mass is 32.2. The summed E-state index contributed by atoms with van der Waals surface area (Å²) in [5, 5.41) is 14.5. The van der Waals surface area contributed by atoms with Gasteiger partial charge in [-0.3, -0.25) is 9.59 Å². The summed E-state index contributed by atoms with van der Waals surface area (Å²) in [5.41, 5.74) is 1.09. The third-order valence-corrected chi connectivity index (χ3v) is 6.24. The smallest absolute Gasteiger partial charge is 0.285 e. The van der Waals surface area contributed by atoms with Crippen LogP contribution in [0.2, 0.25) is 0 Å². The first kappa shape index (κ1) is 20.5. The van der Waals surface area contributed by atoms with Gasteiger partial charge < -0.3 is 4.90 Å². The summed E-state index contributed by atoms with van der Waals surface area (Å²) in [5.74, 6) is -0.660. The molecular formula is C20H20N4O4S. The molecule has 1 aliphatic heterocycles. The maximum atomic E-state index is 13.1. The van der Waals surface area contributed by atoms with Crippen molar-refractivity contribution in [3.8, 4) is 6.07 Å². The van der Waals surface area contributed by atoms with Crippen molar-refractivity contribution < 1.29 is 13.2 Å². The zero-order chi connectivity index (χ0) is 21.2. The van der Waals surface area contributed by atoms with Gasteiger partial charge in [-0.2, -0.15) is 10.4 Å². The number of amides is 1. The van der Waals surface area contributed by atoms with E-state index in [4.69, 9.17) is 0 Å². The normalized spacial score (nSPS) is 17.1. The number of sulfone groups is 1. The van der Waals surface area contributed by atoms with E-state index < -0.39 is 27.3 Å². The van der Waals surface area contributed by atoms with Crippen LogP contribution >= 0.6 is 0 Å². The lowest BCUT2D eigenvalue weighted by Crippen LogP contribution is -2.44. The van der Waals surface area contributed by atoms with E-state index in [1.165, 1.54) is 11.0 Å². The van der Waals surface area contributed by atoms with Crippen LogP contribution in [0.1, 0.15) is 22.4 Å². The third-order valence-electron chi connectivity index (χ3n) is 4.86. The number of rotatable bonds is 5. The second kappa shape index (κ2) is 8.01. The van der Waals surface area contributed by atoms with Gasteiger partial charge in [0, 0.05) is 12.0 Å². The summed E-state index contributed by atoms with van der Waals surface area (Å²) in [6, 6.07) is 10.4. The summed E-state index contributed by atoms with van der Waals surface area (Å²) in [6.07, 6.45) is 1.48. The van der Waals surface area contributed by atoms with Crippen LogP contribution in [-0.4, -0.2) is 40.8 Å². The zero-order valence-corrected chi connectivity index (χ0v) is 16.9. The zero-order valence-electron chi connectivity index (χ0n) is 16.1. The van der Waals surface area contributed by atoms with Crippen LogP contribution in [0, 0.1) is 25.2 Å². The number of carbonyl (C=O) groups is 1. The molecule has 0 radical (unpaired) electrons. The summed E-state index contributed by atoms with van der Waals surface area (Å²) in [6.45, 7) is 3.09. The largest absolute Gasteiger partial charge is 0.329 e. The molecule has 1 atom stereocenters. The van der Waals surface area contributed by atoms with Crippen LogP contribution in [0.4, 0.5) is 0 Å². The molecule has 3 rings (SSSR count). The molecule has 0 aliphatic carbocycles. The molecule has 8 nitrogen and oxygen atoms in total. The Kier molecular flexibility index (Phi) is 5.66. The number of benzene rings is 1. The molecule has 0 saturated heterocycles. The molecule has 29 heavy (non-hydrogen) atoms. The van der Waals surface area contributed by atoms with Crippen molar-refractivity contribution in [1.82, 2.24) is 14.7 Å². The van der Waals surface area contributed by atoms with E-state index >= 15 is 0 Å². The minimum absolute atomic E-state index is 0.0525. The predicted octanol–water partition coefficient (Wildman–Crippen LogP) is 1.07. The van der Waals surface area contributed by atoms with E-state index in [2.05, 4.69) is 5.10 Å². The van der Waals surface area contributed by atoms with Gasteiger partial charge in [0.25, 0.3) is 5.56 Å². The van der Waals surface area contributed by atoms with Gasteiger partial charge in [0.05, 0.1) is 17.5 Å². The Morgan fingerprint density at radius 2 is 2.00 bits per heavy atom. The van der Waals surface area contributed by atoms with Gasteiger partial charge in [0.15, 0.2) is 9.84 Å². The van der Waals surface area contributed by atoms with Gasteiger partial charge in [-0.15, -0.1) is 0 Å². The van der Waals surface area contributed by atoms with E-state index in [0.717, 1.165) is 15.7 Å². The van der Waals surface area contributed by atoms with Crippen molar-refractivity contribution in [2.24, 2.45) is 0 Å². The van der Waals surface area contributed by atoms with E-state index in [-0.39, 0.29) is 24.4 Å². The Morgan fingerprint density at radius 1 is 1.31 bits per heavy atom. The third kappa shape index (κ3) is 4.43. The molecule has 0 spiro atoms. The van der Waals surface area contributed by atoms with Crippen molar-refractivity contribution in [3.63, 3.8) is 0 Å². The fourth-order valence-corrected chi connectivity index (χ4v) is 4.45. The van der Waals surface area contributed by atoms with Crippen molar-refractivity contribution in [3.05, 3.63) is 74.6 Å². The first-order chi connectivity index (χ1) is 13.7. The lowest BCUT2D eigenvalue weighted by atomic mass is 10.1. The Hall–Kier alpha value is -3.25. The number of hydrogen-bond acceptors (Lipinski definition) is 6. The highest BCUT2D eigenvalue weighted by molar-refractivity contribution is 7.94. The average molecular weight is 412 g/mol. The fraction of sp³-hybridized carbons (Fsp3) is 0.300. The van der Waals surface area contributed by atoms with Gasteiger partial charge in [0.1, 0.15) is 18.2 Å². The highest BCUT2D eigenvalue weighted by Gasteiger charge is 2.31. The Labute approximate surface area is 168 Å². The van der Waals surface area contributed by atoms with E-state index in [0.29, 0.717) is 11.3 Å². The molecule has 1 aliphatic rings. The second-order valence-electron chi connectivity index (χ2n) is 6.89. The SMILES string of the molecule is Cc1nn(CC(=O)N(Cc2ccccc2)[C@H]2C=CS(=O)(=O)C2)c(=O)c(C#N)c1C. The molecule has 1 aromatic heterocycles. The van der Waals surface area contributed by atoms with Gasteiger partial charge in [-0.25, -0.2) is 13.1 Å². The molecule has 1 aromatic carbocycles. The maximum Gasteiger partial charge on any atom is 0.285 e. The van der Waals surface area contributed by atoms with Gasteiger partial charge >= 0.3 is 0 Å². The molecular weight excluding hydrogens is 392 g/mol. The Morgan fingerprint density at radius 3 is 2.59 bits per heavy atom. The molecule has 2 aromatic rings. The maximum absolute atomic E-state index is 13.1. The molecule has 0 N–H and O–H groups in total. The summed E-state index contributed by atoms with van der Waals surface area (Å²) >= 11 is 0. The van der Waals surface area contributed by atoms with Crippen LogP contribution in [0.5, 0.6) is 0 Å². The molecule has 2 heterocycles. The molecule has 9 heteroatoms. The monoisotopic (exact) mass is 412 g/mol. The fourth-order valence-electron chi connectivity index (χ4n) is 3.15. The lowest BCUT2D eigenvalue weighted by Gasteiger charge is -2.28. The van der Waals surface area contributed by atoms with E-state index in [9.17, 15) is 23.3 Å². The van der Waals surface area contributed by atoms with Crippen molar-refractivity contribution in [2.45, 2.75) is 33.0 Å². The minimum Gasteiger partial charge on any atom is -0.329 e. The number of nitriles is 1. The Bertz CT molecular complexity index is 1180.